The number of nitrogens with zero attached hydrogens (tertiary/aromatic N) is 3. The number of nitrogens with one attached hydrogen (secondary N) is 1. The van der Waals surface area contributed by atoms with Crippen molar-refractivity contribution >= 4 is 5.65 Å². The summed E-state index contributed by atoms with van der Waals surface area (Å²) in [7, 11) is 0. The van der Waals surface area contributed by atoms with Crippen molar-refractivity contribution in [1.82, 2.24) is 19.9 Å². The van der Waals surface area contributed by atoms with Crippen LogP contribution in [0.3, 0.4) is 0 Å². The lowest BCUT2D eigenvalue weighted by Crippen LogP contribution is -2.29. The van der Waals surface area contributed by atoms with Gasteiger partial charge in [-0.3, -0.25) is 0 Å². The van der Waals surface area contributed by atoms with E-state index in [9.17, 15) is 0 Å². The number of hydrogen-bond donors (Lipinski definition) is 1. The molecule has 18 heavy (non-hydrogen) atoms. The van der Waals surface area contributed by atoms with Gasteiger partial charge in [-0.25, -0.2) is 9.50 Å². The number of aryl methyl sites for hydroxylation is 2. The Kier molecular flexibility index (Phi) is 3.04. The van der Waals surface area contributed by atoms with Gasteiger partial charge in [-0.2, -0.15) is 5.10 Å². The van der Waals surface area contributed by atoms with Crippen molar-refractivity contribution in [2.75, 3.05) is 13.1 Å². The zero-order chi connectivity index (χ0) is 12.5. The van der Waals surface area contributed by atoms with Crippen LogP contribution in [0.4, 0.5) is 0 Å². The molecule has 0 radical (unpaired) electrons. The molecule has 2 aromatic heterocycles. The molecule has 1 atom stereocenters. The molecule has 0 aromatic carbocycles. The van der Waals surface area contributed by atoms with Gasteiger partial charge in [-0.15, -0.1) is 0 Å². The fourth-order valence-electron chi connectivity index (χ4n) is 2.87. The van der Waals surface area contributed by atoms with E-state index in [0.717, 1.165) is 25.2 Å². The van der Waals surface area contributed by atoms with E-state index in [1.54, 1.807) is 0 Å². The molecule has 1 unspecified atom stereocenters. The molecule has 3 heterocycles. The Hall–Kier alpha value is -1.42. The van der Waals surface area contributed by atoms with Crippen LogP contribution in [0.15, 0.2) is 12.3 Å². The predicted octanol–water partition coefficient (Wildman–Crippen LogP) is 2.07. The van der Waals surface area contributed by atoms with Crippen LogP contribution in [-0.2, 0) is 6.42 Å². The first-order valence-corrected chi connectivity index (χ1v) is 6.85. The Morgan fingerprint density at radius 3 is 3.11 bits per heavy atom. The Bertz CT molecular complexity index is 552. The second kappa shape index (κ2) is 4.69. The highest BCUT2D eigenvalue weighted by Gasteiger charge is 2.20. The van der Waals surface area contributed by atoms with E-state index in [4.69, 9.17) is 5.10 Å². The van der Waals surface area contributed by atoms with Gasteiger partial charge < -0.3 is 5.32 Å². The summed E-state index contributed by atoms with van der Waals surface area (Å²) in [5.41, 5.74) is 4.71. The van der Waals surface area contributed by atoms with Crippen molar-refractivity contribution in [1.29, 1.82) is 0 Å². The first-order valence-electron chi connectivity index (χ1n) is 6.85. The summed E-state index contributed by atoms with van der Waals surface area (Å²) in [5.74, 6) is 0.563. The Morgan fingerprint density at radius 1 is 1.50 bits per heavy atom. The van der Waals surface area contributed by atoms with Gasteiger partial charge in [0, 0.05) is 24.2 Å². The van der Waals surface area contributed by atoms with Gasteiger partial charge in [0.15, 0.2) is 5.65 Å². The molecule has 96 valence electrons. The van der Waals surface area contributed by atoms with Gasteiger partial charge in [0.2, 0.25) is 0 Å². The largest absolute Gasteiger partial charge is 0.316 e. The van der Waals surface area contributed by atoms with Crippen molar-refractivity contribution in [2.45, 2.75) is 39.0 Å². The molecule has 4 nitrogen and oxygen atoms in total. The first-order chi connectivity index (χ1) is 8.81. The average molecular weight is 244 g/mol. The van der Waals surface area contributed by atoms with E-state index in [1.165, 1.54) is 29.8 Å². The Labute approximate surface area is 107 Å². The molecule has 0 saturated carbocycles. The third kappa shape index (κ3) is 1.81. The summed E-state index contributed by atoms with van der Waals surface area (Å²) in [6.45, 7) is 6.47. The molecule has 0 spiro atoms. The zero-order valence-electron chi connectivity index (χ0n) is 11.1. The topological polar surface area (TPSA) is 42.2 Å². The molecule has 3 rings (SSSR count). The fraction of sp³-hybridized carbons (Fsp3) is 0.571. The molecule has 2 aromatic rings. The van der Waals surface area contributed by atoms with Crippen LogP contribution in [0, 0.1) is 6.92 Å². The molecular formula is C14H20N4. The smallest absolute Gasteiger partial charge is 0.158 e. The molecule has 1 saturated heterocycles. The van der Waals surface area contributed by atoms with Crippen molar-refractivity contribution in [3.8, 4) is 0 Å². The van der Waals surface area contributed by atoms with E-state index < -0.39 is 0 Å². The minimum absolute atomic E-state index is 0.563. The quantitative estimate of drug-likeness (QED) is 0.879. The summed E-state index contributed by atoms with van der Waals surface area (Å²) in [4.78, 5) is 4.48. The number of fused-ring (bicyclic) bond motifs is 1. The van der Waals surface area contributed by atoms with Crippen LogP contribution >= 0.6 is 0 Å². The van der Waals surface area contributed by atoms with Crippen LogP contribution in [-0.4, -0.2) is 27.7 Å². The van der Waals surface area contributed by atoms with Gasteiger partial charge in [-0.05, 0) is 38.8 Å². The normalized spacial score (nSPS) is 20.4. The highest BCUT2D eigenvalue weighted by Crippen LogP contribution is 2.24. The number of hydrogen-bond acceptors (Lipinski definition) is 3. The van der Waals surface area contributed by atoms with E-state index >= 15 is 0 Å². The summed E-state index contributed by atoms with van der Waals surface area (Å²) in [6, 6.07) is 2.12. The minimum Gasteiger partial charge on any atom is -0.316 e. The summed E-state index contributed by atoms with van der Waals surface area (Å²) >= 11 is 0. The van der Waals surface area contributed by atoms with Gasteiger partial charge >= 0.3 is 0 Å². The molecule has 1 aliphatic heterocycles. The third-order valence-corrected chi connectivity index (χ3v) is 3.93. The van der Waals surface area contributed by atoms with E-state index in [0.29, 0.717) is 5.92 Å². The molecule has 0 aliphatic carbocycles. The summed E-state index contributed by atoms with van der Waals surface area (Å²) < 4.78 is 2.06. The van der Waals surface area contributed by atoms with Crippen molar-refractivity contribution in [3.05, 3.63) is 29.2 Å². The van der Waals surface area contributed by atoms with Crippen LogP contribution in [0.1, 0.15) is 42.6 Å². The third-order valence-electron chi connectivity index (χ3n) is 3.93. The van der Waals surface area contributed by atoms with Crippen LogP contribution in [0.2, 0.25) is 0 Å². The average Bonchev–Trinajstić information content (AvgIpc) is 2.77. The monoisotopic (exact) mass is 244 g/mol. The lowest BCUT2D eigenvalue weighted by Gasteiger charge is -2.23. The number of rotatable bonds is 2. The summed E-state index contributed by atoms with van der Waals surface area (Å²) in [6.07, 6.45) is 5.38. The van der Waals surface area contributed by atoms with Gasteiger partial charge in [0.05, 0.1) is 11.4 Å². The molecule has 1 fully saturated rings. The first kappa shape index (κ1) is 11.7. The van der Waals surface area contributed by atoms with Crippen molar-refractivity contribution in [3.63, 3.8) is 0 Å². The Balaban J connectivity index is 2.11. The Morgan fingerprint density at radius 2 is 2.39 bits per heavy atom. The van der Waals surface area contributed by atoms with Crippen LogP contribution in [0.5, 0.6) is 0 Å². The number of aromatic nitrogens is 3. The molecule has 4 heteroatoms. The maximum atomic E-state index is 4.73. The van der Waals surface area contributed by atoms with Gasteiger partial charge in [0.25, 0.3) is 0 Å². The SMILES string of the molecule is CCc1nn2c(C3CCCNC3)ccnc2c1C. The van der Waals surface area contributed by atoms with E-state index in [1.807, 2.05) is 6.20 Å². The van der Waals surface area contributed by atoms with Crippen LogP contribution in [0.25, 0.3) is 5.65 Å². The second-order valence-corrected chi connectivity index (χ2v) is 5.07. The number of piperidine rings is 1. The maximum absolute atomic E-state index is 4.73. The molecule has 1 N–H and O–H groups in total. The standard InChI is InChI=1S/C14H20N4/c1-3-12-10(2)14-16-8-6-13(18(14)17-12)11-5-4-7-15-9-11/h6,8,11,15H,3-5,7,9H2,1-2H3. The van der Waals surface area contributed by atoms with Crippen molar-refractivity contribution in [2.24, 2.45) is 0 Å². The van der Waals surface area contributed by atoms with Gasteiger partial charge in [0.1, 0.15) is 0 Å². The highest BCUT2D eigenvalue weighted by atomic mass is 15.3. The lowest BCUT2D eigenvalue weighted by molar-refractivity contribution is 0.448. The van der Waals surface area contributed by atoms with Crippen molar-refractivity contribution < 1.29 is 0 Å². The molecule has 1 aliphatic rings. The van der Waals surface area contributed by atoms with Gasteiger partial charge in [-0.1, -0.05) is 6.92 Å². The molecule has 0 bridgehead atoms. The second-order valence-electron chi connectivity index (χ2n) is 5.07. The summed E-state index contributed by atoms with van der Waals surface area (Å²) in [5, 5.41) is 8.20. The maximum Gasteiger partial charge on any atom is 0.158 e. The van der Waals surface area contributed by atoms with E-state index in [2.05, 4.69) is 34.7 Å². The highest BCUT2D eigenvalue weighted by molar-refractivity contribution is 5.50. The minimum atomic E-state index is 0.563. The predicted molar refractivity (Wildman–Crippen MR) is 71.9 cm³/mol. The lowest BCUT2D eigenvalue weighted by atomic mass is 9.96. The molecule has 0 amide bonds. The fourth-order valence-corrected chi connectivity index (χ4v) is 2.87. The van der Waals surface area contributed by atoms with Crippen LogP contribution < -0.4 is 5.32 Å². The van der Waals surface area contributed by atoms with E-state index in [-0.39, 0.29) is 0 Å². The zero-order valence-corrected chi connectivity index (χ0v) is 11.1. The molecular weight excluding hydrogens is 224 g/mol.